The van der Waals surface area contributed by atoms with Gasteiger partial charge in [0.2, 0.25) is 11.8 Å². The minimum Gasteiger partial charge on any atom is -0.497 e. The molecule has 0 fully saturated rings. The largest absolute Gasteiger partial charge is 0.497 e. The van der Waals surface area contributed by atoms with Gasteiger partial charge >= 0.3 is 0 Å². The van der Waals surface area contributed by atoms with Gasteiger partial charge in [0.25, 0.3) is 0 Å². The zero-order chi connectivity index (χ0) is 26.8. The maximum atomic E-state index is 13.7. The number of carbonyl (C=O) groups excluding carboxylic acids is 2. The molecule has 3 rings (SSSR count). The summed E-state index contributed by atoms with van der Waals surface area (Å²) in [6, 6.07) is 25.0. The molecule has 3 aromatic rings. The van der Waals surface area contributed by atoms with Crippen molar-refractivity contribution in [3.63, 3.8) is 0 Å². The molecule has 196 valence electrons. The number of rotatable bonds is 11. The van der Waals surface area contributed by atoms with E-state index < -0.39 is 11.6 Å². The molecule has 0 heterocycles. The van der Waals surface area contributed by atoms with Crippen molar-refractivity contribution in [3.05, 3.63) is 100 Å². The molecule has 0 spiro atoms. The Kier molecular flexibility index (Phi) is 10.6. The van der Waals surface area contributed by atoms with Crippen LogP contribution in [-0.2, 0) is 28.3 Å². The Hall–Kier alpha value is -2.77. The van der Waals surface area contributed by atoms with Crippen molar-refractivity contribution in [1.29, 1.82) is 0 Å². The maximum absolute atomic E-state index is 13.7. The number of thioether (sulfide) groups is 1. The molecule has 3 aromatic carbocycles. The zero-order valence-electron chi connectivity index (χ0n) is 21.9. The summed E-state index contributed by atoms with van der Waals surface area (Å²) >= 11 is 5.03. The lowest BCUT2D eigenvalue weighted by Crippen LogP contribution is -2.54. The number of ether oxygens (including phenoxy) is 1. The van der Waals surface area contributed by atoms with Gasteiger partial charge in [-0.25, -0.2) is 0 Å². The van der Waals surface area contributed by atoms with E-state index in [9.17, 15) is 9.59 Å². The van der Waals surface area contributed by atoms with Crippen LogP contribution in [0.4, 0.5) is 0 Å². The van der Waals surface area contributed by atoms with Crippen LogP contribution < -0.4 is 10.1 Å². The molecule has 0 aliphatic rings. The number of methoxy groups -OCH3 is 1. The van der Waals surface area contributed by atoms with E-state index in [-0.39, 0.29) is 17.6 Å². The van der Waals surface area contributed by atoms with Gasteiger partial charge in [-0.15, -0.1) is 11.8 Å². The van der Waals surface area contributed by atoms with Crippen molar-refractivity contribution in [2.24, 2.45) is 0 Å². The van der Waals surface area contributed by atoms with E-state index in [4.69, 9.17) is 4.74 Å². The number of benzene rings is 3. The van der Waals surface area contributed by atoms with E-state index in [0.29, 0.717) is 18.7 Å². The highest BCUT2D eigenvalue weighted by molar-refractivity contribution is 9.10. The molecule has 2 amide bonds. The van der Waals surface area contributed by atoms with Gasteiger partial charge in [0.15, 0.2) is 0 Å². The lowest BCUT2D eigenvalue weighted by molar-refractivity contribution is -0.140. The van der Waals surface area contributed by atoms with Crippen molar-refractivity contribution in [2.75, 3.05) is 12.9 Å². The third-order valence-electron chi connectivity index (χ3n) is 5.69. The van der Waals surface area contributed by atoms with Crippen molar-refractivity contribution in [2.45, 2.75) is 51.1 Å². The minimum atomic E-state index is -0.639. The van der Waals surface area contributed by atoms with Crippen LogP contribution >= 0.6 is 27.7 Å². The topological polar surface area (TPSA) is 58.6 Å². The summed E-state index contributed by atoms with van der Waals surface area (Å²) in [5, 5.41) is 3.10. The number of halogens is 1. The quantitative estimate of drug-likeness (QED) is 0.290. The van der Waals surface area contributed by atoms with Gasteiger partial charge in [0.05, 0.1) is 12.9 Å². The van der Waals surface area contributed by atoms with Crippen molar-refractivity contribution >= 4 is 39.5 Å². The van der Waals surface area contributed by atoms with Gasteiger partial charge in [0.1, 0.15) is 11.8 Å². The fraction of sp³-hybridized carbons (Fsp3) is 0.333. The Morgan fingerprint density at radius 2 is 1.54 bits per heavy atom. The first-order valence-corrected chi connectivity index (χ1v) is 14.2. The summed E-state index contributed by atoms with van der Waals surface area (Å²) in [6.45, 7) is 6.21. The molecule has 0 saturated carbocycles. The summed E-state index contributed by atoms with van der Waals surface area (Å²) in [4.78, 5) is 29.0. The van der Waals surface area contributed by atoms with E-state index in [1.54, 1.807) is 23.8 Å². The Morgan fingerprint density at radius 3 is 2.14 bits per heavy atom. The van der Waals surface area contributed by atoms with Gasteiger partial charge < -0.3 is 15.0 Å². The summed E-state index contributed by atoms with van der Waals surface area (Å²) in [5.41, 5.74) is 2.68. The molecule has 37 heavy (non-hydrogen) atoms. The van der Waals surface area contributed by atoms with Crippen molar-refractivity contribution < 1.29 is 14.3 Å². The predicted molar refractivity (Wildman–Crippen MR) is 156 cm³/mol. The average molecular weight is 584 g/mol. The maximum Gasteiger partial charge on any atom is 0.243 e. The van der Waals surface area contributed by atoms with Gasteiger partial charge in [-0.3, -0.25) is 9.59 Å². The summed E-state index contributed by atoms with van der Waals surface area (Å²) < 4.78 is 6.20. The second-order valence-electron chi connectivity index (χ2n) is 9.93. The molecule has 0 bridgehead atoms. The normalized spacial score (nSPS) is 12.0. The second-order valence-corrected chi connectivity index (χ2v) is 11.8. The van der Waals surface area contributed by atoms with Crippen LogP contribution in [0.15, 0.2) is 83.3 Å². The molecule has 0 aliphatic carbocycles. The number of amides is 2. The Morgan fingerprint density at radius 1 is 0.919 bits per heavy atom. The van der Waals surface area contributed by atoms with Gasteiger partial charge in [0, 0.05) is 28.7 Å². The first-order chi connectivity index (χ1) is 17.6. The Labute approximate surface area is 233 Å². The standard InChI is InChI=1S/C30H35BrN2O3S/c1-30(2,3)32-29(35)27(18-22-8-6-5-7-9-22)33(19-23-10-14-25(31)15-11-23)28(34)21-37-20-24-12-16-26(36-4)17-13-24/h5-17,27H,18-21H2,1-4H3,(H,32,35)/t27-/m1/s1. The van der Waals surface area contributed by atoms with Gasteiger partial charge in [-0.1, -0.05) is 70.5 Å². The molecule has 0 aliphatic heterocycles. The molecule has 7 heteroatoms. The molecule has 0 unspecified atom stereocenters. The molecular formula is C30H35BrN2O3S. The number of carbonyl (C=O) groups is 2. The lowest BCUT2D eigenvalue weighted by Gasteiger charge is -2.34. The number of hydrogen-bond donors (Lipinski definition) is 1. The lowest BCUT2D eigenvalue weighted by atomic mass is 10.0. The average Bonchev–Trinajstić information content (AvgIpc) is 2.87. The number of nitrogens with one attached hydrogen (secondary N) is 1. The van der Waals surface area contributed by atoms with Crippen LogP contribution in [0.2, 0.25) is 0 Å². The van der Waals surface area contributed by atoms with E-state index in [1.807, 2.05) is 99.6 Å². The van der Waals surface area contributed by atoms with E-state index in [1.165, 1.54) is 0 Å². The number of nitrogens with zero attached hydrogens (tertiary/aromatic N) is 1. The predicted octanol–water partition coefficient (Wildman–Crippen LogP) is 6.25. The SMILES string of the molecule is COc1ccc(CSCC(=O)N(Cc2ccc(Br)cc2)[C@H](Cc2ccccc2)C(=O)NC(C)(C)C)cc1. The first kappa shape index (κ1) is 28.8. The molecular weight excluding hydrogens is 548 g/mol. The molecule has 0 aromatic heterocycles. The van der Waals surface area contributed by atoms with E-state index in [0.717, 1.165) is 26.9 Å². The van der Waals surface area contributed by atoms with Crippen LogP contribution in [0.25, 0.3) is 0 Å². The Balaban J connectivity index is 1.84. The third-order valence-corrected chi connectivity index (χ3v) is 7.21. The molecule has 0 saturated heterocycles. The smallest absolute Gasteiger partial charge is 0.243 e. The minimum absolute atomic E-state index is 0.0635. The first-order valence-electron chi connectivity index (χ1n) is 12.2. The zero-order valence-corrected chi connectivity index (χ0v) is 24.3. The molecule has 1 atom stereocenters. The Bertz CT molecular complexity index is 1150. The van der Waals surface area contributed by atoms with Crippen LogP contribution in [0.3, 0.4) is 0 Å². The van der Waals surface area contributed by atoms with Crippen LogP contribution in [0.5, 0.6) is 5.75 Å². The monoisotopic (exact) mass is 582 g/mol. The van der Waals surface area contributed by atoms with Gasteiger partial charge in [-0.2, -0.15) is 0 Å². The summed E-state index contributed by atoms with van der Waals surface area (Å²) in [5.74, 6) is 1.56. The second kappa shape index (κ2) is 13.7. The fourth-order valence-corrected chi connectivity index (χ4v) is 4.99. The highest BCUT2D eigenvalue weighted by atomic mass is 79.9. The van der Waals surface area contributed by atoms with Crippen molar-refractivity contribution in [1.82, 2.24) is 10.2 Å². The van der Waals surface area contributed by atoms with Crippen LogP contribution in [0, 0.1) is 0 Å². The summed E-state index contributed by atoms with van der Waals surface area (Å²) in [6.07, 6.45) is 0.439. The highest BCUT2D eigenvalue weighted by Gasteiger charge is 2.32. The van der Waals surface area contributed by atoms with Crippen molar-refractivity contribution in [3.8, 4) is 5.75 Å². The third kappa shape index (κ3) is 9.56. The number of hydrogen-bond acceptors (Lipinski definition) is 4. The molecule has 5 nitrogen and oxygen atoms in total. The van der Waals surface area contributed by atoms with Crippen LogP contribution in [-0.4, -0.2) is 41.2 Å². The van der Waals surface area contributed by atoms with E-state index in [2.05, 4.69) is 21.2 Å². The van der Waals surface area contributed by atoms with Crippen LogP contribution in [0.1, 0.15) is 37.5 Å². The molecule has 0 radical (unpaired) electrons. The summed E-state index contributed by atoms with van der Waals surface area (Å²) in [7, 11) is 1.64. The molecule has 1 N–H and O–H groups in total. The van der Waals surface area contributed by atoms with Gasteiger partial charge in [-0.05, 0) is 61.7 Å². The van der Waals surface area contributed by atoms with E-state index >= 15 is 0 Å². The highest BCUT2D eigenvalue weighted by Crippen LogP contribution is 2.21. The fourth-order valence-electron chi connectivity index (χ4n) is 3.85.